The molecule has 0 saturated heterocycles. The fourth-order valence-corrected chi connectivity index (χ4v) is 3.31. The van der Waals surface area contributed by atoms with E-state index in [1.54, 1.807) is 58.0 Å². The quantitative estimate of drug-likeness (QED) is 0.472. The van der Waals surface area contributed by atoms with Crippen LogP contribution < -0.4 is 10.6 Å². The lowest BCUT2D eigenvalue weighted by molar-refractivity contribution is 0.0919. The van der Waals surface area contributed by atoms with Crippen LogP contribution in [0.1, 0.15) is 41.5 Å². The third-order valence-electron chi connectivity index (χ3n) is 4.80. The van der Waals surface area contributed by atoms with Crippen molar-refractivity contribution in [1.82, 2.24) is 19.7 Å². The molecule has 33 heavy (non-hydrogen) atoms. The Morgan fingerprint density at radius 2 is 1.55 bits per heavy atom. The topological polar surface area (TPSA) is 81.0 Å². The fraction of sp³-hybridized carbons (Fsp3) is 0.160. The molecule has 2 heterocycles. The number of aromatic nitrogens is 3. The minimum absolute atomic E-state index is 0.184. The van der Waals surface area contributed by atoms with Gasteiger partial charge in [-0.1, -0.05) is 0 Å². The molecule has 0 radical (unpaired) electrons. The van der Waals surface area contributed by atoms with Gasteiger partial charge < -0.3 is 15.2 Å². The molecular weight excluding hydrogens is 421 g/mol. The molecule has 2 aromatic heterocycles. The highest BCUT2D eigenvalue weighted by Gasteiger charge is 2.20. The zero-order chi connectivity index (χ0) is 23.6. The monoisotopic (exact) mass is 445 g/mol. The SMILES string of the molecule is CC(C)(C)NC(=O)c1ccc(NC(=O)c2cnn(-c3ccc(F)cc3)c2-n2cccc2)cc1. The van der Waals surface area contributed by atoms with Gasteiger partial charge in [-0.3, -0.25) is 9.59 Å². The number of amides is 2. The number of halogens is 1. The number of hydrogen-bond acceptors (Lipinski definition) is 3. The molecule has 0 aliphatic heterocycles. The Kier molecular flexibility index (Phi) is 5.83. The number of nitrogens with one attached hydrogen (secondary N) is 2. The van der Waals surface area contributed by atoms with Crippen LogP contribution in [0.25, 0.3) is 11.5 Å². The van der Waals surface area contributed by atoms with Crippen molar-refractivity contribution in [3.8, 4) is 11.5 Å². The van der Waals surface area contributed by atoms with Crippen LogP contribution in [-0.2, 0) is 0 Å². The second kappa shape index (κ2) is 8.74. The standard InChI is InChI=1S/C25H24FN5O2/c1-25(2,3)29-22(32)17-6-10-19(11-7-17)28-23(33)21-16-27-31(20-12-8-18(26)9-13-20)24(21)30-14-4-5-15-30/h4-16H,1-3H3,(H,28,33)(H,29,32). The van der Waals surface area contributed by atoms with Crippen molar-refractivity contribution >= 4 is 17.5 Å². The Balaban J connectivity index is 1.60. The first kappa shape index (κ1) is 22.0. The lowest BCUT2D eigenvalue weighted by Gasteiger charge is -2.20. The van der Waals surface area contributed by atoms with Crippen molar-refractivity contribution in [2.24, 2.45) is 0 Å². The summed E-state index contributed by atoms with van der Waals surface area (Å²) in [7, 11) is 0. The first-order valence-electron chi connectivity index (χ1n) is 10.4. The molecular formula is C25H24FN5O2. The van der Waals surface area contributed by atoms with E-state index in [9.17, 15) is 14.0 Å². The third-order valence-corrected chi connectivity index (χ3v) is 4.80. The third kappa shape index (κ3) is 5.01. The molecule has 0 bridgehead atoms. The van der Waals surface area contributed by atoms with Gasteiger partial charge in [-0.05, 0) is 81.4 Å². The fourth-order valence-electron chi connectivity index (χ4n) is 3.31. The minimum atomic E-state index is -0.362. The molecule has 4 aromatic rings. The van der Waals surface area contributed by atoms with Gasteiger partial charge >= 0.3 is 0 Å². The van der Waals surface area contributed by atoms with Crippen LogP contribution in [0, 0.1) is 5.82 Å². The average molecular weight is 445 g/mol. The molecule has 0 unspecified atom stereocenters. The first-order valence-corrected chi connectivity index (χ1v) is 10.4. The van der Waals surface area contributed by atoms with E-state index in [0.717, 1.165) is 0 Å². The summed E-state index contributed by atoms with van der Waals surface area (Å²) in [4.78, 5) is 25.4. The largest absolute Gasteiger partial charge is 0.347 e. The molecule has 2 aromatic carbocycles. The second-order valence-corrected chi connectivity index (χ2v) is 8.60. The van der Waals surface area contributed by atoms with Crippen LogP contribution in [0.3, 0.4) is 0 Å². The molecule has 2 N–H and O–H groups in total. The summed E-state index contributed by atoms with van der Waals surface area (Å²) in [6.07, 6.45) is 5.08. The Morgan fingerprint density at radius 3 is 2.15 bits per heavy atom. The zero-order valence-electron chi connectivity index (χ0n) is 18.5. The van der Waals surface area contributed by atoms with Gasteiger partial charge in [0.05, 0.1) is 11.9 Å². The number of hydrogen-bond donors (Lipinski definition) is 2. The van der Waals surface area contributed by atoms with Gasteiger partial charge in [0.15, 0.2) is 5.82 Å². The maximum atomic E-state index is 13.4. The molecule has 0 fully saturated rings. The molecule has 4 rings (SSSR count). The van der Waals surface area contributed by atoms with E-state index in [1.807, 2.05) is 32.9 Å². The molecule has 8 heteroatoms. The number of benzene rings is 2. The van der Waals surface area contributed by atoms with E-state index in [2.05, 4.69) is 15.7 Å². The van der Waals surface area contributed by atoms with E-state index >= 15 is 0 Å². The maximum absolute atomic E-state index is 13.4. The summed E-state index contributed by atoms with van der Waals surface area (Å²) in [6.45, 7) is 5.73. The van der Waals surface area contributed by atoms with E-state index in [1.165, 1.54) is 18.3 Å². The average Bonchev–Trinajstić information content (AvgIpc) is 3.43. The van der Waals surface area contributed by atoms with Crippen molar-refractivity contribution in [2.45, 2.75) is 26.3 Å². The molecule has 7 nitrogen and oxygen atoms in total. The molecule has 2 amide bonds. The van der Waals surface area contributed by atoms with Crippen LogP contribution >= 0.6 is 0 Å². The van der Waals surface area contributed by atoms with Crippen LogP contribution in [0.2, 0.25) is 0 Å². The summed E-state index contributed by atoms with van der Waals surface area (Å²) >= 11 is 0. The highest BCUT2D eigenvalue weighted by atomic mass is 19.1. The summed E-state index contributed by atoms with van der Waals surface area (Å²) < 4.78 is 16.7. The van der Waals surface area contributed by atoms with Crippen molar-refractivity contribution in [1.29, 1.82) is 0 Å². The van der Waals surface area contributed by atoms with Crippen molar-refractivity contribution in [2.75, 3.05) is 5.32 Å². The summed E-state index contributed by atoms with van der Waals surface area (Å²) in [5.74, 6) is -0.383. The molecule has 0 saturated carbocycles. The lowest BCUT2D eigenvalue weighted by atomic mass is 10.1. The zero-order valence-corrected chi connectivity index (χ0v) is 18.5. The Bertz CT molecular complexity index is 1270. The van der Waals surface area contributed by atoms with Gasteiger partial charge in [0, 0.05) is 29.2 Å². The maximum Gasteiger partial charge on any atom is 0.261 e. The van der Waals surface area contributed by atoms with Crippen LogP contribution in [0.15, 0.2) is 79.3 Å². The molecule has 0 aliphatic rings. The second-order valence-electron chi connectivity index (χ2n) is 8.60. The normalized spacial score (nSPS) is 11.3. The Morgan fingerprint density at radius 1 is 0.909 bits per heavy atom. The summed E-state index contributed by atoms with van der Waals surface area (Å²) in [5, 5.41) is 10.1. The van der Waals surface area contributed by atoms with E-state index < -0.39 is 0 Å². The molecule has 0 spiro atoms. The highest BCUT2D eigenvalue weighted by molar-refractivity contribution is 6.06. The van der Waals surface area contributed by atoms with E-state index in [0.29, 0.717) is 28.3 Å². The Hall–Kier alpha value is -4.20. The van der Waals surface area contributed by atoms with Crippen LogP contribution in [0.4, 0.5) is 10.1 Å². The number of rotatable bonds is 5. The molecule has 0 aliphatic carbocycles. The predicted octanol–water partition coefficient (Wildman–Crippen LogP) is 4.58. The van der Waals surface area contributed by atoms with Crippen molar-refractivity contribution < 1.29 is 14.0 Å². The van der Waals surface area contributed by atoms with E-state index in [-0.39, 0.29) is 23.2 Å². The smallest absolute Gasteiger partial charge is 0.261 e. The first-order chi connectivity index (χ1) is 15.7. The van der Waals surface area contributed by atoms with Crippen molar-refractivity contribution in [3.63, 3.8) is 0 Å². The summed E-state index contributed by atoms with van der Waals surface area (Å²) in [6, 6.07) is 16.2. The Labute approximate surface area is 190 Å². The minimum Gasteiger partial charge on any atom is -0.347 e. The predicted molar refractivity (Wildman–Crippen MR) is 124 cm³/mol. The van der Waals surface area contributed by atoms with Gasteiger partial charge in [0.2, 0.25) is 0 Å². The number of anilines is 1. The van der Waals surface area contributed by atoms with Crippen LogP contribution in [-0.4, -0.2) is 31.7 Å². The molecule has 168 valence electrons. The van der Waals surface area contributed by atoms with Gasteiger partial charge in [0.1, 0.15) is 11.4 Å². The van der Waals surface area contributed by atoms with Gasteiger partial charge in [0.25, 0.3) is 11.8 Å². The molecule has 0 atom stereocenters. The van der Waals surface area contributed by atoms with E-state index in [4.69, 9.17) is 0 Å². The van der Waals surface area contributed by atoms with Gasteiger partial charge in [-0.15, -0.1) is 0 Å². The number of carbonyl (C=O) groups is 2. The van der Waals surface area contributed by atoms with Crippen molar-refractivity contribution in [3.05, 3.63) is 96.2 Å². The summed E-state index contributed by atoms with van der Waals surface area (Å²) in [5.41, 5.74) is 1.66. The van der Waals surface area contributed by atoms with Crippen LogP contribution in [0.5, 0.6) is 0 Å². The number of carbonyl (C=O) groups excluding carboxylic acids is 2. The van der Waals surface area contributed by atoms with Gasteiger partial charge in [-0.25, -0.2) is 9.07 Å². The van der Waals surface area contributed by atoms with Gasteiger partial charge in [-0.2, -0.15) is 5.10 Å². The lowest BCUT2D eigenvalue weighted by Crippen LogP contribution is -2.40. The number of nitrogens with zero attached hydrogens (tertiary/aromatic N) is 3. The highest BCUT2D eigenvalue weighted by Crippen LogP contribution is 2.22.